The lowest BCUT2D eigenvalue weighted by atomic mass is 10.5. The van der Waals surface area contributed by atoms with Crippen LogP contribution in [0.2, 0.25) is 19.6 Å². The molecule has 0 rings (SSSR count). The van der Waals surface area contributed by atoms with Crippen molar-refractivity contribution >= 4 is 8.07 Å². The van der Waals surface area contributed by atoms with Crippen LogP contribution >= 0.6 is 0 Å². The first-order chi connectivity index (χ1) is 4.52. The van der Waals surface area contributed by atoms with Crippen LogP contribution in [0.1, 0.15) is 20.3 Å². The summed E-state index contributed by atoms with van der Waals surface area (Å²) in [6, 6.07) is 0. The summed E-state index contributed by atoms with van der Waals surface area (Å²) in [5.74, 6) is 0. The predicted molar refractivity (Wildman–Crippen MR) is 49.1 cm³/mol. The molecule has 0 N–H and O–H groups in total. The summed E-state index contributed by atoms with van der Waals surface area (Å²) in [6.07, 6.45) is 1.17. The molecule has 0 aromatic rings. The highest BCUT2D eigenvalue weighted by atomic mass is 28.3. The van der Waals surface area contributed by atoms with Gasteiger partial charge in [0.2, 0.25) is 0 Å². The van der Waals surface area contributed by atoms with Gasteiger partial charge in [-0.25, -0.2) is 0 Å². The van der Waals surface area contributed by atoms with Crippen LogP contribution in [-0.2, 0) is 4.74 Å². The quantitative estimate of drug-likeness (QED) is 0.575. The van der Waals surface area contributed by atoms with Gasteiger partial charge in [-0.2, -0.15) is 0 Å². The maximum Gasteiger partial charge on any atom is 0.0785 e. The van der Waals surface area contributed by atoms with Crippen LogP contribution in [0.4, 0.5) is 0 Å². The first-order valence-corrected chi connectivity index (χ1v) is 7.71. The average molecular weight is 160 g/mol. The van der Waals surface area contributed by atoms with Gasteiger partial charge in [-0.3, -0.25) is 0 Å². The normalized spacial score (nSPS) is 15.3. The molecule has 1 nitrogen and oxygen atoms in total. The van der Waals surface area contributed by atoms with Gasteiger partial charge in [0, 0.05) is 12.3 Å². The van der Waals surface area contributed by atoms with Gasteiger partial charge in [0.25, 0.3) is 0 Å². The third-order valence-electron chi connectivity index (χ3n) is 1.70. The summed E-state index contributed by atoms with van der Waals surface area (Å²) in [4.78, 5) is 0. The van der Waals surface area contributed by atoms with Crippen molar-refractivity contribution in [1.29, 1.82) is 0 Å². The van der Waals surface area contributed by atoms with Gasteiger partial charge in [-0.05, 0) is 13.3 Å². The Labute approximate surface area is 65.8 Å². The number of rotatable bonds is 4. The molecule has 0 heterocycles. The molecule has 0 aliphatic rings. The van der Waals surface area contributed by atoms with Crippen LogP contribution in [0.25, 0.3) is 0 Å². The molecule has 0 bridgehead atoms. The van der Waals surface area contributed by atoms with E-state index < -0.39 is 8.07 Å². The van der Waals surface area contributed by atoms with Crippen LogP contribution in [0, 0.1) is 0 Å². The van der Waals surface area contributed by atoms with Gasteiger partial charge >= 0.3 is 0 Å². The van der Waals surface area contributed by atoms with Crippen molar-refractivity contribution in [1.82, 2.24) is 0 Å². The fourth-order valence-corrected chi connectivity index (χ4v) is 3.07. The van der Waals surface area contributed by atoms with Crippen molar-refractivity contribution in [3.05, 3.63) is 0 Å². The second-order valence-electron chi connectivity index (χ2n) is 3.72. The summed E-state index contributed by atoms with van der Waals surface area (Å²) in [6.45, 7) is 12.2. The molecule has 0 aliphatic heterocycles. The van der Waals surface area contributed by atoms with Gasteiger partial charge in [-0.15, -0.1) is 0 Å². The van der Waals surface area contributed by atoms with Crippen LogP contribution < -0.4 is 0 Å². The van der Waals surface area contributed by atoms with E-state index in [-0.39, 0.29) is 0 Å². The second-order valence-corrected chi connectivity index (χ2v) is 9.09. The van der Waals surface area contributed by atoms with Crippen molar-refractivity contribution in [2.75, 3.05) is 6.61 Å². The zero-order valence-electron chi connectivity index (χ0n) is 7.90. The van der Waals surface area contributed by atoms with Gasteiger partial charge in [0.1, 0.15) is 0 Å². The number of hydrogen-bond donors (Lipinski definition) is 0. The fourth-order valence-electron chi connectivity index (χ4n) is 1.18. The molecule has 0 spiro atoms. The Balaban J connectivity index is 3.81. The Morgan fingerprint density at radius 2 is 1.70 bits per heavy atom. The topological polar surface area (TPSA) is 9.23 Å². The lowest BCUT2D eigenvalue weighted by Crippen LogP contribution is -2.39. The van der Waals surface area contributed by atoms with Crippen molar-refractivity contribution < 1.29 is 4.74 Å². The minimum Gasteiger partial charge on any atom is -0.382 e. The van der Waals surface area contributed by atoms with Crippen molar-refractivity contribution in [3.63, 3.8) is 0 Å². The smallest absolute Gasteiger partial charge is 0.0785 e. The summed E-state index contributed by atoms with van der Waals surface area (Å²) >= 11 is 0. The van der Waals surface area contributed by atoms with E-state index in [4.69, 9.17) is 4.74 Å². The van der Waals surface area contributed by atoms with E-state index >= 15 is 0 Å². The summed E-state index contributed by atoms with van der Waals surface area (Å²) in [7, 11) is -1.03. The van der Waals surface area contributed by atoms with E-state index in [1.165, 1.54) is 6.42 Å². The van der Waals surface area contributed by atoms with Crippen molar-refractivity contribution in [2.24, 2.45) is 0 Å². The van der Waals surface area contributed by atoms with E-state index in [1.54, 1.807) is 0 Å². The molecule has 62 valence electrons. The van der Waals surface area contributed by atoms with Crippen LogP contribution in [-0.4, -0.2) is 20.4 Å². The van der Waals surface area contributed by atoms with E-state index in [1.807, 2.05) is 0 Å². The highest BCUT2D eigenvalue weighted by molar-refractivity contribution is 6.77. The highest BCUT2D eigenvalue weighted by Crippen LogP contribution is 2.14. The summed E-state index contributed by atoms with van der Waals surface area (Å²) in [5.41, 5.74) is 0.553. The van der Waals surface area contributed by atoms with Gasteiger partial charge in [-0.1, -0.05) is 26.6 Å². The molecule has 0 saturated carbocycles. The standard InChI is InChI=1S/C8H20OSi/c1-6-8(9-7-2)10(3,4)5/h8H,6-7H2,1-5H3. The molecule has 2 heteroatoms. The molecule has 0 amide bonds. The zero-order chi connectivity index (χ0) is 8.20. The minimum absolute atomic E-state index is 0.553. The molecule has 0 aromatic heterocycles. The van der Waals surface area contributed by atoms with Gasteiger partial charge < -0.3 is 4.74 Å². The molecular weight excluding hydrogens is 140 g/mol. The van der Waals surface area contributed by atoms with Gasteiger partial charge in [0.05, 0.1) is 8.07 Å². The van der Waals surface area contributed by atoms with E-state index in [2.05, 4.69) is 33.5 Å². The molecule has 1 unspecified atom stereocenters. The highest BCUT2D eigenvalue weighted by Gasteiger charge is 2.24. The predicted octanol–water partition coefficient (Wildman–Crippen LogP) is 2.68. The van der Waals surface area contributed by atoms with Gasteiger partial charge in [0.15, 0.2) is 0 Å². The second kappa shape index (κ2) is 4.14. The lowest BCUT2D eigenvalue weighted by molar-refractivity contribution is 0.109. The van der Waals surface area contributed by atoms with Crippen molar-refractivity contribution in [2.45, 2.75) is 45.6 Å². The third kappa shape index (κ3) is 3.37. The summed E-state index contributed by atoms with van der Waals surface area (Å²) < 4.78 is 5.62. The Bertz CT molecular complexity index is 85.7. The Hall–Kier alpha value is 0.177. The number of ether oxygens (including phenoxy) is 1. The first-order valence-electron chi connectivity index (χ1n) is 4.14. The average Bonchev–Trinajstić information content (AvgIpc) is 1.80. The number of hydrogen-bond acceptors (Lipinski definition) is 1. The Morgan fingerprint density at radius 3 is 1.80 bits per heavy atom. The molecule has 10 heavy (non-hydrogen) atoms. The molecule has 0 fully saturated rings. The van der Waals surface area contributed by atoms with E-state index in [0.29, 0.717) is 5.73 Å². The van der Waals surface area contributed by atoms with Crippen LogP contribution in [0.5, 0.6) is 0 Å². The van der Waals surface area contributed by atoms with Crippen molar-refractivity contribution in [3.8, 4) is 0 Å². The van der Waals surface area contributed by atoms with Crippen LogP contribution in [0.3, 0.4) is 0 Å². The molecule has 1 atom stereocenters. The SMILES string of the molecule is CCOC(CC)[Si](C)(C)C. The first kappa shape index (κ1) is 10.2. The minimum atomic E-state index is -1.03. The molecule has 0 radical (unpaired) electrons. The fraction of sp³-hybridized carbons (Fsp3) is 1.00. The Kier molecular flexibility index (Phi) is 4.21. The molecule has 0 saturated heterocycles. The molecular formula is C8H20OSi. The lowest BCUT2D eigenvalue weighted by Gasteiger charge is -2.27. The van der Waals surface area contributed by atoms with E-state index in [9.17, 15) is 0 Å². The largest absolute Gasteiger partial charge is 0.382 e. The maximum atomic E-state index is 5.62. The maximum absolute atomic E-state index is 5.62. The third-order valence-corrected chi connectivity index (χ3v) is 4.21. The summed E-state index contributed by atoms with van der Waals surface area (Å²) in [5, 5.41) is 0. The molecule has 0 aliphatic carbocycles. The molecule has 0 aromatic carbocycles. The van der Waals surface area contributed by atoms with E-state index in [0.717, 1.165) is 6.61 Å². The monoisotopic (exact) mass is 160 g/mol. The Morgan fingerprint density at radius 1 is 1.20 bits per heavy atom. The van der Waals surface area contributed by atoms with Crippen LogP contribution in [0.15, 0.2) is 0 Å². The zero-order valence-corrected chi connectivity index (χ0v) is 8.90.